The Morgan fingerprint density at radius 2 is 2.00 bits per heavy atom. The fourth-order valence-electron chi connectivity index (χ4n) is 3.17. The molecule has 2 rings (SSSR count). The van der Waals surface area contributed by atoms with E-state index in [1.807, 2.05) is 14.1 Å². The van der Waals surface area contributed by atoms with Gasteiger partial charge in [0.2, 0.25) is 0 Å². The van der Waals surface area contributed by atoms with Gasteiger partial charge in [-0.05, 0) is 38.6 Å². The van der Waals surface area contributed by atoms with Gasteiger partial charge < -0.3 is 10.0 Å². The van der Waals surface area contributed by atoms with E-state index in [1.54, 1.807) is 12.1 Å². The molecule has 0 radical (unpaired) electrons. The standard InChI is InChI=1S/C15H21ClFNO/c1-18(2)15(8-3-4-9-15)13(19)10-11-6-5-7-12(17)14(11)16/h5-7,13,19H,3-4,8-10H2,1-2H3. The topological polar surface area (TPSA) is 23.5 Å². The zero-order chi connectivity index (χ0) is 14.0. The second-order valence-corrected chi connectivity index (χ2v) is 6.02. The minimum atomic E-state index is -0.524. The van der Waals surface area contributed by atoms with Gasteiger partial charge in [-0.2, -0.15) is 0 Å². The van der Waals surface area contributed by atoms with E-state index < -0.39 is 11.9 Å². The lowest BCUT2D eigenvalue weighted by molar-refractivity contribution is -0.00252. The molecule has 2 nitrogen and oxygen atoms in total. The van der Waals surface area contributed by atoms with Crippen molar-refractivity contribution >= 4 is 11.6 Å². The van der Waals surface area contributed by atoms with Crippen LogP contribution in [0.15, 0.2) is 18.2 Å². The summed E-state index contributed by atoms with van der Waals surface area (Å²) in [4.78, 5) is 2.11. The van der Waals surface area contributed by atoms with E-state index in [0.717, 1.165) is 25.7 Å². The first-order valence-corrected chi connectivity index (χ1v) is 7.13. The van der Waals surface area contributed by atoms with E-state index in [2.05, 4.69) is 4.90 Å². The molecule has 19 heavy (non-hydrogen) atoms. The van der Waals surface area contributed by atoms with Crippen molar-refractivity contribution in [2.75, 3.05) is 14.1 Å². The van der Waals surface area contributed by atoms with Gasteiger partial charge in [0.15, 0.2) is 0 Å². The summed E-state index contributed by atoms with van der Waals surface area (Å²) in [6.45, 7) is 0. The van der Waals surface area contributed by atoms with Crippen LogP contribution in [0, 0.1) is 5.82 Å². The average molecular weight is 286 g/mol. The number of aliphatic hydroxyl groups is 1. The monoisotopic (exact) mass is 285 g/mol. The van der Waals surface area contributed by atoms with Crippen molar-refractivity contribution < 1.29 is 9.50 Å². The van der Waals surface area contributed by atoms with Gasteiger partial charge in [0.25, 0.3) is 0 Å². The van der Waals surface area contributed by atoms with Crippen LogP contribution in [0.2, 0.25) is 5.02 Å². The number of halogens is 2. The maximum Gasteiger partial charge on any atom is 0.142 e. The van der Waals surface area contributed by atoms with Crippen LogP contribution in [-0.4, -0.2) is 35.7 Å². The molecule has 1 aliphatic rings. The number of nitrogens with zero attached hydrogens (tertiary/aromatic N) is 1. The van der Waals surface area contributed by atoms with Crippen LogP contribution >= 0.6 is 11.6 Å². The van der Waals surface area contributed by atoms with E-state index in [-0.39, 0.29) is 10.6 Å². The summed E-state index contributed by atoms with van der Waals surface area (Å²) in [7, 11) is 4.00. The first-order valence-electron chi connectivity index (χ1n) is 6.76. The van der Waals surface area contributed by atoms with Gasteiger partial charge in [-0.25, -0.2) is 4.39 Å². The fourth-order valence-corrected chi connectivity index (χ4v) is 3.37. The lowest BCUT2D eigenvalue weighted by atomic mass is 9.85. The number of hydrogen-bond donors (Lipinski definition) is 1. The van der Waals surface area contributed by atoms with Crippen molar-refractivity contribution in [3.8, 4) is 0 Å². The highest BCUT2D eigenvalue weighted by Gasteiger charge is 2.42. The Hall–Kier alpha value is -0.640. The van der Waals surface area contributed by atoms with Crippen molar-refractivity contribution in [3.63, 3.8) is 0 Å². The van der Waals surface area contributed by atoms with Crippen LogP contribution < -0.4 is 0 Å². The molecule has 1 saturated carbocycles. The van der Waals surface area contributed by atoms with Gasteiger partial charge in [0, 0.05) is 12.0 Å². The molecule has 0 saturated heterocycles. The first kappa shape index (κ1) is 14.8. The molecular weight excluding hydrogens is 265 g/mol. The highest BCUT2D eigenvalue weighted by Crippen LogP contribution is 2.38. The molecule has 1 N–H and O–H groups in total. The average Bonchev–Trinajstić information content (AvgIpc) is 2.85. The SMILES string of the molecule is CN(C)C1(C(O)Cc2cccc(F)c2Cl)CCCC1. The highest BCUT2D eigenvalue weighted by atomic mass is 35.5. The minimum Gasteiger partial charge on any atom is -0.391 e. The molecule has 1 unspecified atom stereocenters. The Labute approximate surface area is 119 Å². The van der Waals surface area contributed by atoms with Crippen molar-refractivity contribution in [2.45, 2.75) is 43.7 Å². The number of hydrogen-bond acceptors (Lipinski definition) is 2. The van der Waals surface area contributed by atoms with Crippen LogP contribution in [0.5, 0.6) is 0 Å². The number of aliphatic hydroxyl groups excluding tert-OH is 1. The maximum absolute atomic E-state index is 13.4. The third-order valence-corrected chi connectivity index (χ3v) is 4.85. The molecule has 1 fully saturated rings. The third kappa shape index (κ3) is 2.78. The normalized spacial score (nSPS) is 19.9. The third-order valence-electron chi connectivity index (χ3n) is 4.43. The van der Waals surface area contributed by atoms with Crippen molar-refractivity contribution in [2.24, 2.45) is 0 Å². The van der Waals surface area contributed by atoms with E-state index in [4.69, 9.17) is 11.6 Å². The van der Waals surface area contributed by atoms with Gasteiger partial charge in [-0.3, -0.25) is 0 Å². The molecule has 106 valence electrons. The van der Waals surface area contributed by atoms with Crippen LogP contribution in [-0.2, 0) is 6.42 Å². The van der Waals surface area contributed by atoms with Crippen LogP contribution in [0.1, 0.15) is 31.2 Å². The molecule has 1 aromatic carbocycles. The van der Waals surface area contributed by atoms with Crippen LogP contribution in [0.4, 0.5) is 4.39 Å². The van der Waals surface area contributed by atoms with Gasteiger partial charge >= 0.3 is 0 Å². The van der Waals surface area contributed by atoms with Gasteiger partial charge in [0.05, 0.1) is 11.1 Å². The Bertz CT molecular complexity index is 444. The second kappa shape index (κ2) is 5.78. The molecule has 1 aromatic rings. The summed E-state index contributed by atoms with van der Waals surface area (Å²) in [5.41, 5.74) is 0.484. The Balaban J connectivity index is 2.20. The van der Waals surface area contributed by atoms with Crippen molar-refractivity contribution in [1.29, 1.82) is 0 Å². The highest BCUT2D eigenvalue weighted by molar-refractivity contribution is 6.31. The summed E-state index contributed by atoms with van der Waals surface area (Å²) < 4.78 is 13.4. The fraction of sp³-hybridized carbons (Fsp3) is 0.600. The van der Waals surface area contributed by atoms with E-state index in [9.17, 15) is 9.50 Å². The number of benzene rings is 1. The lowest BCUT2D eigenvalue weighted by Crippen LogP contribution is -2.52. The van der Waals surface area contributed by atoms with E-state index >= 15 is 0 Å². The maximum atomic E-state index is 13.4. The summed E-state index contributed by atoms with van der Waals surface area (Å²) in [5, 5.41) is 10.7. The molecule has 0 amide bonds. The zero-order valence-corrected chi connectivity index (χ0v) is 12.3. The summed E-state index contributed by atoms with van der Waals surface area (Å²) in [6, 6.07) is 4.77. The van der Waals surface area contributed by atoms with Crippen molar-refractivity contribution in [1.82, 2.24) is 4.90 Å². The molecule has 0 aliphatic heterocycles. The van der Waals surface area contributed by atoms with E-state index in [0.29, 0.717) is 12.0 Å². The van der Waals surface area contributed by atoms with Crippen LogP contribution in [0.3, 0.4) is 0 Å². The first-order chi connectivity index (χ1) is 8.97. The second-order valence-electron chi connectivity index (χ2n) is 5.64. The minimum absolute atomic E-state index is 0.133. The van der Waals surface area contributed by atoms with Crippen LogP contribution in [0.25, 0.3) is 0 Å². The predicted octanol–water partition coefficient (Wildman–Crippen LogP) is 3.26. The Kier molecular flexibility index (Phi) is 4.49. The number of rotatable bonds is 4. The van der Waals surface area contributed by atoms with Crippen molar-refractivity contribution in [3.05, 3.63) is 34.6 Å². The zero-order valence-electron chi connectivity index (χ0n) is 11.5. The van der Waals surface area contributed by atoms with Gasteiger partial charge in [-0.1, -0.05) is 36.6 Å². The molecule has 1 atom stereocenters. The van der Waals surface area contributed by atoms with E-state index in [1.165, 1.54) is 6.07 Å². The largest absolute Gasteiger partial charge is 0.391 e. The predicted molar refractivity (Wildman–Crippen MR) is 76.0 cm³/mol. The Morgan fingerprint density at radius 3 is 2.58 bits per heavy atom. The molecule has 0 spiro atoms. The molecular formula is C15H21ClFNO. The Morgan fingerprint density at radius 1 is 1.37 bits per heavy atom. The summed E-state index contributed by atoms with van der Waals surface area (Å²) in [5.74, 6) is -0.420. The molecule has 4 heteroatoms. The smallest absolute Gasteiger partial charge is 0.142 e. The molecule has 0 bridgehead atoms. The lowest BCUT2D eigenvalue weighted by Gasteiger charge is -2.40. The molecule has 0 heterocycles. The summed E-state index contributed by atoms with van der Waals surface area (Å²) in [6.07, 6.45) is 4.10. The molecule has 1 aliphatic carbocycles. The quantitative estimate of drug-likeness (QED) is 0.918. The number of likely N-dealkylation sites (N-methyl/N-ethyl adjacent to an activating group) is 1. The van der Waals surface area contributed by atoms with Gasteiger partial charge in [-0.15, -0.1) is 0 Å². The summed E-state index contributed by atoms with van der Waals surface area (Å²) >= 11 is 5.97. The van der Waals surface area contributed by atoms with Gasteiger partial charge in [0.1, 0.15) is 5.82 Å². The molecule has 0 aromatic heterocycles.